The van der Waals surface area contributed by atoms with Crippen LogP contribution in [0.25, 0.3) is 0 Å². The van der Waals surface area contributed by atoms with Crippen molar-refractivity contribution in [2.45, 2.75) is 0 Å². The molecule has 0 saturated heterocycles. The molecule has 0 bridgehead atoms. The summed E-state index contributed by atoms with van der Waals surface area (Å²) in [6.07, 6.45) is 0. The largest absolute Gasteiger partial charge is 3.00 e. The van der Waals surface area contributed by atoms with Gasteiger partial charge in [0.05, 0.1) is 0 Å². The predicted molar refractivity (Wildman–Crippen MR) is 35.6 cm³/mol. The molecule has 0 saturated carbocycles. The van der Waals surface area contributed by atoms with Crippen LogP contribution >= 0.6 is 0 Å². The van der Waals surface area contributed by atoms with E-state index in [1.54, 1.807) is 0 Å². The van der Waals surface area contributed by atoms with Gasteiger partial charge in [-0.2, -0.15) is 0 Å². The van der Waals surface area contributed by atoms with Crippen LogP contribution in [0.5, 0.6) is 0 Å². The molecule has 65 valence electrons. The van der Waals surface area contributed by atoms with Gasteiger partial charge in [-0.05, 0) is 0 Å². The fourth-order valence-corrected chi connectivity index (χ4v) is 0. The summed E-state index contributed by atoms with van der Waals surface area (Å²) in [6.45, 7) is 28.5. The second-order valence-electron chi connectivity index (χ2n) is 0. The van der Waals surface area contributed by atoms with Crippen molar-refractivity contribution in [1.29, 1.82) is 31.6 Å². The minimum atomic E-state index is 0. The fraction of sp³-hybridized carbons (Fsp3) is 0. The molecular weight excluding hydrogens is 291 g/mol. The Balaban J connectivity index is -0.00000000396. The molecule has 0 aromatic rings. The third kappa shape index (κ3) is 17300. The molecule has 0 amide bonds. The van der Waals surface area contributed by atoms with Gasteiger partial charge in [-0.1, -0.05) is 0 Å². The van der Waals surface area contributed by atoms with Crippen LogP contribution in [0.4, 0.5) is 0 Å². The molecule has 0 fully saturated rings. The Morgan fingerprint density at radius 1 is 0.400 bits per heavy atom. The van der Waals surface area contributed by atoms with Gasteiger partial charge in [0.2, 0.25) is 0 Å². The number of rotatable bonds is 0. The average Bonchev–Trinajstić information content (AvgIpc) is 2.33. The molecule has 15 heavy (non-hydrogen) atoms. The van der Waals surface area contributed by atoms with Gasteiger partial charge in [0.25, 0.3) is 0 Å². The number of hydrogen-bond acceptors (Lipinski definition) is 6. The minimum Gasteiger partial charge on any atom is -0.512 e. The zero-order valence-electron chi connectivity index (χ0n) is 7.74. The summed E-state index contributed by atoms with van der Waals surface area (Å²) in [5, 5.41) is 37.5. The van der Waals surface area contributed by atoms with Crippen molar-refractivity contribution in [2.75, 3.05) is 0 Å². The first-order valence-electron chi connectivity index (χ1n) is 1.34. The quantitative estimate of drug-likeness (QED) is 0.348. The van der Waals surface area contributed by atoms with Crippen LogP contribution in [-0.2, 0) is 17.1 Å². The van der Waals surface area contributed by atoms with E-state index >= 15 is 0 Å². The van der Waals surface area contributed by atoms with Crippen LogP contribution in [0.2, 0.25) is 0 Å². The van der Waals surface area contributed by atoms with Crippen LogP contribution in [0.15, 0.2) is 0 Å². The van der Waals surface area contributed by atoms with Crippen molar-refractivity contribution >= 4 is 37.7 Å². The second kappa shape index (κ2) is 20300. The van der Waals surface area contributed by atoms with E-state index in [-0.39, 0.29) is 106 Å². The minimum absolute atomic E-state index is 0. The average molecular weight is 291 g/mol. The molecule has 0 aliphatic heterocycles. The van der Waals surface area contributed by atoms with Crippen LogP contribution in [0, 0.1) is 71.0 Å². The molecule has 0 aliphatic rings. The molecule has 0 atom stereocenters. The van der Waals surface area contributed by atoms with Gasteiger partial charge in [-0.3, -0.25) is 0 Å². The summed E-state index contributed by atoms with van der Waals surface area (Å²) in [4.78, 5) is 0. The molecule has 0 heterocycles. The van der Waals surface area contributed by atoms with E-state index in [9.17, 15) is 0 Å². The third-order valence-electron chi connectivity index (χ3n) is 0. The predicted octanol–water partition coefficient (Wildman–Crippen LogP) is -2.80. The molecule has 9 heteroatoms. The Labute approximate surface area is 174 Å². The van der Waals surface area contributed by atoms with Crippen LogP contribution in [0.3, 0.4) is 0 Å². The van der Waals surface area contributed by atoms with Crippen LogP contribution in [-0.4, -0.2) is 37.7 Å². The van der Waals surface area contributed by atoms with Gasteiger partial charge in [0.15, 0.2) is 0 Å². The van der Waals surface area contributed by atoms with Gasteiger partial charge in [-0.15, -0.1) is 0 Å². The Bertz CT molecular complexity index is 103. The van der Waals surface area contributed by atoms with Gasteiger partial charge in [0, 0.05) is 0 Å². The molecule has 0 rings (SSSR count). The van der Waals surface area contributed by atoms with E-state index in [1.807, 2.05) is 0 Å². The fourth-order valence-electron chi connectivity index (χ4n) is 0. The molecule has 1 radical (unpaired) electrons. The molecule has 0 aromatic heterocycles. The van der Waals surface area contributed by atoms with Crippen LogP contribution in [0.1, 0.15) is 0 Å². The van der Waals surface area contributed by atoms with Crippen molar-refractivity contribution in [3.8, 4) is 0 Å². The van der Waals surface area contributed by atoms with Crippen molar-refractivity contribution in [3.05, 3.63) is 39.4 Å². The number of hydrogen-bond donors (Lipinski definition) is 0. The van der Waals surface area contributed by atoms with E-state index in [0.717, 1.165) is 0 Å². The van der Waals surface area contributed by atoms with E-state index in [0.29, 0.717) is 0 Å². The molecule has 0 N–H and O–H groups in total. The van der Waals surface area contributed by atoms with E-state index in [4.69, 9.17) is 71.0 Å². The smallest absolute Gasteiger partial charge is 0.512 e. The summed E-state index contributed by atoms with van der Waals surface area (Å²) >= 11 is 0. The zero-order chi connectivity index (χ0) is 12.0. The Hall–Kier alpha value is 0.356. The summed E-state index contributed by atoms with van der Waals surface area (Å²) in [6, 6.07) is 0. The second-order valence-corrected chi connectivity index (χ2v) is 0. The standard InChI is InChI=1S/6CN.Ca.Fe.K/c6*1-2;;;/q6*-1;+2;+3;+1. The summed E-state index contributed by atoms with van der Waals surface area (Å²) in [7, 11) is 0. The van der Waals surface area contributed by atoms with E-state index in [2.05, 4.69) is 0 Å². The van der Waals surface area contributed by atoms with Crippen molar-refractivity contribution in [2.24, 2.45) is 0 Å². The monoisotopic (exact) mass is 291 g/mol. The van der Waals surface area contributed by atoms with Gasteiger partial charge < -0.3 is 71.0 Å². The first-order valence-corrected chi connectivity index (χ1v) is 1.34. The van der Waals surface area contributed by atoms with E-state index < -0.39 is 0 Å². The first-order chi connectivity index (χ1) is 6.00. The van der Waals surface area contributed by atoms with Crippen molar-refractivity contribution < 1.29 is 68.5 Å². The first kappa shape index (κ1) is 78.3. The Morgan fingerprint density at radius 3 is 0.400 bits per heavy atom. The van der Waals surface area contributed by atoms with Gasteiger partial charge in [0.1, 0.15) is 0 Å². The molecular formula is C6CaFeKN6. The van der Waals surface area contributed by atoms with Gasteiger partial charge >= 0.3 is 106 Å². The molecule has 0 spiro atoms. The summed E-state index contributed by atoms with van der Waals surface area (Å²) < 4.78 is 0. The number of nitrogens with zero attached hydrogens (tertiary/aromatic N) is 6. The van der Waals surface area contributed by atoms with E-state index in [1.165, 1.54) is 0 Å². The Morgan fingerprint density at radius 2 is 0.400 bits per heavy atom. The maximum atomic E-state index is 6.25. The molecule has 6 nitrogen and oxygen atoms in total. The normalized spacial score (nSPS) is 0.800. The summed E-state index contributed by atoms with van der Waals surface area (Å²) in [5.41, 5.74) is 0. The maximum Gasteiger partial charge on any atom is 3.00 e. The SMILES string of the molecule is [C-]#N.[C-]#N.[C-]#N.[C-]#N.[C-]#N.[C-]#N.[Ca+2].[Fe+3].[K+]. The third-order valence-corrected chi connectivity index (χ3v) is 0. The zero-order valence-corrected chi connectivity index (χ0v) is 14.2. The topological polar surface area (TPSA) is 143 Å². The van der Waals surface area contributed by atoms with Gasteiger partial charge in [-0.25, -0.2) is 0 Å². The Kier molecular flexibility index (Phi) is 106000. The molecule has 0 aromatic carbocycles. The maximum absolute atomic E-state index is 6.25. The molecule has 0 aliphatic carbocycles. The van der Waals surface area contributed by atoms with Crippen molar-refractivity contribution in [1.82, 2.24) is 0 Å². The summed E-state index contributed by atoms with van der Waals surface area (Å²) in [5.74, 6) is 0. The van der Waals surface area contributed by atoms with Crippen LogP contribution < -0.4 is 51.4 Å². The van der Waals surface area contributed by atoms with Crippen molar-refractivity contribution in [3.63, 3.8) is 0 Å². The molecule has 0 unspecified atom stereocenters.